The van der Waals surface area contributed by atoms with Gasteiger partial charge in [-0.1, -0.05) is 72.8 Å². The van der Waals surface area contributed by atoms with Crippen molar-refractivity contribution in [1.82, 2.24) is 0 Å². The van der Waals surface area contributed by atoms with Gasteiger partial charge in [0.15, 0.2) is 5.78 Å². The van der Waals surface area contributed by atoms with Crippen molar-refractivity contribution < 1.29 is 9.53 Å². The molecule has 0 amide bonds. The third-order valence-electron chi connectivity index (χ3n) is 6.08. The summed E-state index contributed by atoms with van der Waals surface area (Å²) >= 11 is 0. The molecule has 30 heavy (non-hydrogen) atoms. The lowest BCUT2D eigenvalue weighted by Crippen LogP contribution is -2.44. The molecule has 3 nitrogen and oxygen atoms in total. The van der Waals surface area contributed by atoms with Gasteiger partial charge in [-0.2, -0.15) is 0 Å². The molecule has 2 atom stereocenters. The number of hydrogen-bond acceptors (Lipinski definition) is 3. The first-order valence-electron chi connectivity index (χ1n) is 10.3. The van der Waals surface area contributed by atoms with Crippen LogP contribution >= 0.6 is 0 Å². The number of ketones is 1. The van der Waals surface area contributed by atoms with Crippen molar-refractivity contribution in [3.63, 3.8) is 0 Å². The van der Waals surface area contributed by atoms with Crippen LogP contribution in [0.5, 0.6) is 0 Å². The maximum atomic E-state index is 13.4. The lowest BCUT2D eigenvalue weighted by Gasteiger charge is -2.32. The maximum Gasteiger partial charge on any atom is 0.188 e. The Labute approximate surface area is 178 Å². The molecule has 0 aliphatic carbocycles. The van der Waals surface area contributed by atoms with Crippen molar-refractivity contribution in [2.75, 3.05) is 5.32 Å². The minimum atomic E-state index is -0.773. The fraction of sp³-hybridized carbons (Fsp3) is 0.222. The van der Waals surface area contributed by atoms with Gasteiger partial charge in [0.05, 0.1) is 6.61 Å². The molecular formula is C27H27NO2. The summed E-state index contributed by atoms with van der Waals surface area (Å²) in [5, 5.41) is 3.42. The predicted molar refractivity (Wildman–Crippen MR) is 122 cm³/mol. The number of nitrogens with one attached hydrogen (secondary N) is 1. The predicted octanol–water partition coefficient (Wildman–Crippen LogP) is 5.83. The van der Waals surface area contributed by atoms with Crippen LogP contribution in [-0.2, 0) is 23.4 Å². The van der Waals surface area contributed by atoms with Gasteiger partial charge in [-0.15, -0.1) is 6.58 Å². The van der Waals surface area contributed by atoms with Crippen LogP contribution in [0.3, 0.4) is 0 Å². The van der Waals surface area contributed by atoms with Crippen molar-refractivity contribution in [1.29, 1.82) is 0 Å². The molecule has 0 bridgehead atoms. The number of para-hydroxylation sites is 1. The Bertz CT molecular complexity index is 1070. The molecule has 3 aromatic carbocycles. The zero-order chi connectivity index (χ0) is 21.1. The standard InChI is InChI=1S/C27H27NO2/c1-4-11-20-14-10-15-22(19(20)2)18-30-27(3)23-16-8-9-17-24(23)28-26(27)25(29)21-12-6-5-7-13-21/h4-10,12-17,26,28H,1,11,18H2,2-3H3. The summed E-state index contributed by atoms with van der Waals surface area (Å²) in [5.41, 5.74) is 5.47. The molecule has 3 heteroatoms. The first kappa shape index (κ1) is 20.1. The minimum absolute atomic E-state index is 0.0337. The molecule has 4 rings (SSSR count). The summed E-state index contributed by atoms with van der Waals surface area (Å²) in [6.45, 7) is 8.42. The van der Waals surface area contributed by atoms with Gasteiger partial charge in [0.2, 0.25) is 0 Å². The van der Waals surface area contributed by atoms with Gasteiger partial charge < -0.3 is 10.1 Å². The summed E-state index contributed by atoms with van der Waals surface area (Å²) in [4.78, 5) is 13.4. The number of ether oxygens (including phenoxy) is 1. The van der Waals surface area contributed by atoms with Crippen LogP contribution < -0.4 is 5.32 Å². The molecule has 0 aromatic heterocycles. The Balaban J connectivity index is 1.67. The highest BCUT2D eigenvalue weighted by Crippen LogP contribution is 2.43. The van der Waals surface area contributed by atoms with Crippen molar-refractivity contribution in [2.45, 2.75) is 38.5 Å². The van der Waals surface area contributed by atoms with Crippen LogP contribution in [0.15, 0.2) is 85.5 Å². The minimum Gasteiger partial charge on any atom is -0.372 e. The molecule has 0 radical (unpaired) electrons. The average molecular weight is 398 g/mol. The summed E-state index contributed by atoms with van der Waals surface area (Å²) in [6.07, 6.45) is 2.75. The van der Waals surface area contributed by atoms with Gasteiger partial charge in [-0.3, -0.25) is 4.79 Å². The van der Waals surface area contributed by atoms with Crippen LogP contribution in [0, 0.1) is 6.92 Å². The second-order valence-corrected chi connectivity index (χ2v) is 7.94. The first-order valence-corrected chi connectivity index (χ1v) is 10.3. The Morgan fingerprint density at radius 1 is 1.03 bits per heavy atom. The molecule has 0 spiro atoms. The number of carbonyl (C=O) groups excluding carboxylic acids is 1. The molecule has 1 aliphatic rings. The van der Waals surface area contributed by atoms with E-state index in [2.05, 4.69) is 37.0 Å². The zero-order valence-electron chi connectivity index (χ0n) is 17.5. The third-order valence-corrected chi connectivity index (χ3v) is 6.08. The molecule has 152 valence electrons. The maximum absolute atomic E-state index is 13.4. The van der Waals surface area contributed by atoms with Gasteiger partial charge >= 0.3 is 0 Å². The van der Waals surface area contributed by atoms with Crippen LogP contribution in [-0.4, -0.2) is 11.8 Å². The first-order chi connectivity index (χ1) is 14.5. The van der Waals surface area contributed by atoms with E-state index in [-0.39, 0.29) is 5.78 Å². The second-order valence-electron chi connectivity index (χ2n) is 7.94. The average Bonchev–Trinajstić information content (AvgIpc) is 3.07. The largest absolute Gasteiger partial charge is 0.372 e. The Kier molecular flexibility index (Phi) is 5.56. The number of carbonyl (C=O) groups is 1. The molecule has 1 aliphatic heterocycles. The van der Waals surface area contributed by atoms with E-state index in [1.807, 2.05) is 67.6 Å². The molecule has 2 unspecified atom stereocenters. The Morgan fingerprint density at radius 2 is 1.73 bits per heavy atom. The van der Waals surface area contributed by atoms with E-state index in [4.69, 9.17) is 4.74 Å². The van der Waals surface area contributed by atoms with E-state index < -0.39 is 11.6 Å². The van der Waals surface area contributed by atoms with Crippen LogP contribution in [0.2, 0.25) is 0 Å². The second kappa shape index (κ2) is 8.29. The summed E-state index contributed by atoms with van der Waals surface area (Å²) in [5.74, 6) is 0.0337. The van der Waals surface area contributed by atoms with Crippen molar-refractivity contribution in [3.8, 4) is 0 Å². The number of hydrogen-bond donors (Lipinski definition) is 1. The van der Waals surface area contributed by atoms with Crippen LogP contribution in [0.25, 0.3) is 0 Å². The van der Waals surface area contributed by atoms with Crippen molar-refractivity contribution in [3.05, 3.63) is 113 Å². The lowest BCUT2D eigenvalue weighted by atomic mass is 9.86. The molecule has 0 fully saturated rings. The number of rotatable bonds is 7. The van der Waals surface area contributed by atoms with E-state index in [0.29, 0.717) is 12.2 Å². The van der Waals surface area contributed by atoms with Crippen molar-refractivity contribution >= 4 is 11.5 Å². The SMILES string of the molecule is C=CCc1cccc(COC2(C)c3ccccc3NC2C(=O)c2ccccc2)c1C. The normalized spacial score (nSPS) is 19.7. The Hall–Kier alpha value is -3.17. The number of benzene rings is 3. The zero-order valence-corrected chi connectivity index (χ0v) is 17.5. The number of allylic oxidation sites excluding steroid dienone is 1. The van der Waals surface area contributed by atoms with Gasteiger partial charge in [-0.05, 0) is 43.0 Å². The van der Waals surface area contributed by atoms with Gasteiger partial charge in [0, 0.05) is 16.8 Å². The fourth-order valence-electron chi connectivity index (χ4n) is 4.23. The summed E-state index contributed by atoms with van der Waals surface area (Å²) in [6, 6.07) is 23.2. The number of fused-ring (bicyclic) bond motifs is 1. The van der Waals surface area contributed by atoms with E-state index in [9.17, 15) is 4.79 Å². The molecular weight excluding hydrogens is 370 g/mol. The van der Waals surface area contributed by atoms with Gasteiger partial charge in [-0.25, -0.2) is 0 Å². The highest BCUT2D eigenvalue weighted by Gasteiger charge is 2.48. The molecule has 0 saturated carbocycles. The van der Waals surface area contributed by atoms with Crippen LogP contribution in [0.4, 0.5) is 5.69 Å². The van der Waals surface area contributed by atoms with E-state index in [1.54, 1.807) is 0 Å². The molecule has 3 aromatic rings. The molecule has 1 heterocycles. The van der Waals surface area contributed by atoms with Gasteiger partial charge in [0.1, 0.15) is 11.6 Å². The molecule has 1 N–H and O–H groups in total. The smallest absolute Gasteiger partial charge is 0.188 e. The van der Waals surface area contributed by atoms with Gasteiger partial charge in [0.25, 0.3) is 0 Å². The Morgan fingerprint density at radius 3 is 2.50 bits per heavy atom. The quantitative estimate of drug-likeness (QED) is 0.402. The van der Waals surface area contributed by atoms with Crippen molar-refractivity contribution in [2.24, 2.45) is 0 Å². The van der Waals surface area contributed by atoms with E-state index in [1.165, 1.54) is 11.1 Å². The molecule has 0 saturated heterocycles. The summed E-state index contributed by atoms with van der Waals surface area (Å²) in [7, 11) is 0. The fourth-order valence-corrected chi connectivity index (χ4v) is 4.23. The van der Waals surface area contributed by atoms with E-state index >= 15 is 0 Å². The third kappa shape index (κ3) is 3.57. The monoisotopic (exact) mass is 397 g/mol. The number of anilines is 1. The van der Waals surface area contributed by atoms with E-state index in [0.717, 1.165) is 23.2 Å². The number of Topliss-reactive ketones (excluding diaryl/α,β-unsaturated/α-hetero) is 1. The van der Waals surface area contributed by atoms with Crippen LogP contribution in [0.1, 0.15) is 39.5 Å². The highest BCUT2D eigenvalue weighted by atomic mass is 16.5. The lowest BCUT2D eigenvalue weighted by molar-refractivity contribution is -0.0495. The highest BCUT2D eigenvalue weighted by molar-refractivity contribution is 6.04. The summed E-state index contributed by atoms with van der Waals surface area (Å²) < 4.78 is 6.56. The topological polar surface area (TPSA) is 38.3 Å².